The fourth-order valence-corrected chi connectivity index (χ4v) is 2.05. The molecule has 0 spiro atoms. The molecular formula is C16H12N2O2. The Morgan fingerprint density at radius 2 is 1.60 bits per heavy atom. The number of hydrogen-bond donors (Lipinski definition) is 2. The summed E-state index contributed by atoms with van der Waals surface area (Å²) < 4.78 is 0. The number of ketones is 1. The van der Waals surface area contributed by atoms with Crippen LogP contribution in [0.25, 0.3) is 0 Å². The van der Waals surface area contributed by atoms with Crippen LogP contribution < -0.4 is 10.6 Å². The van der Waals surface area contributed by atoms with Gasteiger partial charge >= 0.3 is 0 Å². The van der Waals surface area contributed by atoms with E-state index >= 15 is 0 Å². The number of hydrogen-bond acceptors (Lipinski definition) is 3. The zero-order valence-corrected chi connectivity index (χ0v) is 10.6. The van der Waals surface area contributed by atoms with Crippen molar-refractivity contribution in [3.8, 4) is 0 Å². The average molecular weight is 264 g/mol. The average Bonchev–Trinajstić information content (AvgIpc) is 2.48. The minimum atomic E-state index is -0.392. The first-order valence-corrected chi connectivity index (χ1v) is 6.22. The number of Topliss-reactive ketones (excluding diaryl/α,β-unsaturated/α-hetero) is 1. The Kier molecular flexibility index (Phi) is 3.05. The van der Waals surface area contributed by atoms with Crippen molar-refractivity contribution in [2.75, 3.05) is 10.6 Å². The molecule has 0 saturated heterocycles. The van der Waals surface area contributed by atoms with Crippen LogP contribution in [0.5, 0.6) is 0 Å². The van der Waals surface area contributed by atoms with E-state index in [9.17, 15) is 9.59 Å². The van der Waals surface area contributed by atoms with Crippen molar-refractivity contribution in [1.29, 1.82) is 0 Å². The van der Waals surface area contributed by atoms with Gasteiger partial charge in [-0.25, -0.2) is 0 Å². The van der Waals surface area contributed by atoms with E-state index in [1.54, 1.807) is 24.3 Å². The summed E-state index contributed by atoms with van der Waals surface area (Å²) in [5.74, 6) is -0.662. The van der Waals surface area contributed by atoms with Crippen molar-refractivity contribution in [2.24, 2.45) is 0 Å². The van der Waals surface area contributed by atoms with Gasteiger partial charge in [0, 0.05) is 17.5 Å². The summed E-state index contributed by atoms with van der Waals surface area (Å²) in [7, 11) is 0. The molecule has 0 unspecified atom stereocenters. The number of benzene rings is 2. The monoisotopic (exact) mass is 264 g/mol. The van der Waals surface area contributed by atoms with Gasteiger partial charge in [-0.05, 0) is 24.3 Å². The molecule has 4 nitrogen and oxygen atoms in total. The van der Waals surface area contributed by atoms with Crippen LogP contribution in [0.2, 0.25) is 0 Å². The van der Waals surface area contributed by atoms with Crippen LogP contribution in [-0.2, 0) is 4.79 Å². The Labute approximate surface area is 116 Å². The largest absolute Gasteiger partial charge is 0.361 e. The van der Waals surface area contributed by atoms with Crippen LogP contribution in [0.15, 0.2) is 66.4 Å². The van der Waals surface area contributed by atoms with Crippen LogP contribution in [-0.4, -0.2) is 11.7 Å². The lowest BCUT2D eigenvalue weighted by atomic mass is 9.97. The van der Waals surface area contributed by atoms with E-state index in [2.05, 4.69) is 10.6 Å². The molecule has 1 heterocycles. The Bertz CT molecular complexity index is 705. The van der Waals surface area contributed by atoms with Gasteiger partial charge in [0.25, 0.3) is 5.91 Å². The van der Waals surface area contributed by atoms with Gasteiger partial charge in [0.15, 0.2) is 0 Å². The molecule has 2 aromatic carbocycles. The number of carbonyl (C=O) groups is 2. The maximum Gasteiger partial charge on any atom is 0.261 e. The minimum absolute atomic E-state index is 0.104. The van der Waals surface area contributed by atoms with Gasteiger partial charge in [-0.2, -0.15) is 0 Å². The summed E-state index contributed by atoms with van der Waals surface area (Å²) in [6, 6.07) is 16.3. The van der Waals surface area contributed by atoms with Crippen LogP contribution in [0.1, 0.15) is 10.4 Å². The second-order valence-electron chi connectivity index (χ2n) is 4.40. The lowest BCUT2D eigenvalue weighted by molar-refractivity contribution is -0.112. The van der Waals surface area contributed by atoms with Gasteiger partial charge in [0.05, 0.1) is 5.69 Å². The van der Waals surface area contributed by atoms with Gasteiger partial charge < -0.3 is 10.6 Å². The molecule has 4 heteroatoms. The van der Waals surface area contributed by atoms with E-state index in [0.717, 1.165) is 5.69 Å². The predicted molar refractivity (Wildman–Crippen MR) is 77.5 cm³/mol. The second-order valence-corrected chi connectivity index (χ2v) is 4.40. The van der Waals surface area contributed by atoms with E-state index in [1.165, 1.54) is 6.20 Å². The molecule has 1 aliphatic heterocycles. The molecule has 2 aromatic rings. The maximum atomic E-state index is 12.3. The summed E-state index contributed by atoms with van der Waals surface area (Å²) in [5.41, 5.74) is 1.99. The summed E-state index contributed by atoms with van der Waals surface area (Å²) >= 11 is 0. The predicted octanol–water partition coefficient (Wildman–Crippen LogP) is 2.82. The van der Waals surface area contributed by atoms with E-state index in [4.69, 9.17) is 0 Å². The molecule has 0 saturated carbocycles. The number of nitrogens with one attached hydrogen (secondary N) is 2. The number of para-hydroxylation sites is 2. The van der Waals surface area contributed by atoms with Crippen LogP contribution in [0.4, 0.5) is 11.4 Å². The Morgan fingerprint density at radius 1 is 0.900 bits per heavy atom. The molecule has 0 atom stereocenters. The summed E-state index contributed by atoms with van der Waals surface area (Å²) in [6.45, 7) is 0. The molecule has 3 rings (SSSR count). The fourth-order valence-electron chi connectivity index (χ4n) is 2.05. The third-order valence-corrected chi connectivity index (χ3v) is 3.07. The first kappa shape index (κ1) is 12.2. The SMILES string of the molecule is O=C1Nc2ccccc2C(=O)/C1=C\Nc1ccccc1. The van der Waals surface area contributed by atoms with Crippen molar-refractivity contribution in [3.05, 3.63) is 71.9 Å². The highest BCUT2D eigenvalue weighted by Crippen LogP contribution is 2.24. The van der Waals surface area contributed by atoms with Gasteiger partial charge in [-0.1, -0.05) is 30.3 Å². The molecule has 1 amide bonds. The maximum absolute atomic E-state index is 12.3. The quantitative estimate of drug-likeness (QED) is 0.647. The number of carbonyl (C=O) groups excluding carboxylic acids is 2. The molecule has 1 aliphatic rings. The third kappa shape index (κ3) is 2.19. The number of fused-ring (bicyclic) bond motifs is 1. The van der Waals surface area contributed by atoms with Gasteiger partial charge in [-0.15, -0.1) is 0 Å². The van der Waals surface area contributed by atoms with Crippen molar-refractivity contribution in [2.45, 2.75) is 0 Å². The normalized spacial score (nSPS) is 15.7. The van der Waals surface area contributed by atoms with Crippen molar-refractivity contribution in [1.82, 2.24) is 0 Å². The summed E-state index contributed by atoms with van der Waals surface area (Å²) in [4.78, 5) is 24.2. The molecule has 0 aromatic heterocycles. The highest BCUT2D eigenvalue weighted by Gasteiger charge is 2.27. The smallest absolute Gasteiger partial charge is 0.261 e. The summed E-state index contributed by atoms with van der Waals surface area (Å²) in [5, 5.41) is 5.67. The number of amides is 1. The Morgan fingerprint density at radius 3 is 2.40 bits per heavy atom. The molecular weight excluding hydrogens is 252 g/mol. The van der Waals surface area contributed by atoms with Gasteiger partial charge in [0.1, 0.15) is 5.57 Å². The molecule has 0 aliphatic carbocycles. The van der Waals surface area contributed by atoms with E-state index in [-0.39, 0.29) is 11.4 Å². The third-order valence-electron chi connectivity index (χ3n) is 3.07. The lowest BCUT2D eigenvalue weighted by Crippen LogP contribution is -2.28. The molecule has 0 bridgehead atoms. The van der Waals surface area contributed by atoms with Gasteiger partial charge in [0.2, 0.25) is 5.78 Å². The molecule has 20 heavy (non-hydrogen) atoms. The Balaban J connectivity index is 1.91. The van der Waals surface area contributed by atoms with Crippen molar-refractivity contribution >= 4 is 23.1 Å². The zero-order valence-electron chi connectivity index (χ0n) is 10.6. The van der Waals surface area contributed by atoms with Crippen molar-refractivity contribution in [3.63, 3.8) is 0 Å². The first-order valence-electron chi connectivity index (χ1n) is 6.22. The van der Waals surface area contributed by atoms with Crippen LogP contribution in [0, 0.1) is 0 Å². The van der Waals surface area contributed by atoms with Crippen molar-refractivity contribution < 1.29 is 9.59 Å². The lowest BCUT2D eigenvalue weighted by Gasteiger charge is -2.17. The zero-order chi connectivity index (χ0) is 13.9. The molecule has 98 valence electrons. The van der Waals surface area contributed by atoms with Crippen LogP contribution >= 0.6 is 0 Å². The fraction of sp³-hybridized carbons (Fsp3) is 0. The van der Waals surface area contributed by atoms with E-state index < -0.39 is 5.91 Å². The Hall–Kier alpha value is -2.88. The van der Waals surface area contributed by atoms with Gasteiger partial charge in [-0.3, -0.25) is 9.59 Å². The topological polar surface area (TPSA) is 58.2 Å². The highest BCUT2D eigenvalue weighted by molar-refractivity contribution is 6.34. The highest BCUT2D eigenvalue weighted by atomic mass is 16.2. The van der Waals surface area contributed by atoms with Crippen LogP contribution in [0.3, 0.4) is 0 Å². The van der Waals surface area contributed by atoms with E-state index in [1.807, 2.05) is 30.3 Å². The molecule has 0 fully saturated rings. The molecule has 0 radical (unpaired) electrons. The molecule has 2 N–H and O–H groups in total. The summed E-state index contributed by atoms with van der Waals surface area (Å²) in [6.07, 6.45) is 1.45. The standard InChI is InChI=1S/C16H12N2O2/c19-15-12-8-4-5-9-14(12)18-16(20)13(15)10-17-11-6-2-1-3-7-11/h1-10,17H,(H,18,20)/b13-10+. The number of rotatable bonds is 2. The minimum Gasteiger partial charge on any atom is -0.361 e. The van der Waals surface area contributed by atoms with E-state index in [0.29, 0.717) is 11.3 Å². The second kappa shape index (κ2) is 5.01. The first-order chi connectivity index (χ1) is 9.75. The number of anilines is 2.